The molecule has 1 aromatic carbocycles. The topological polar surface area (TPSA) is 92.1 Å². The van der Waals surface area contributed by atoms with Gasteiger partial charge in [-0.1, -0.05) is 35.9 Å². The summed E-state index contributed by atoms with van der Waals surface area (Å²) in [5.74, 6) is 1.74. The maximum Gasteiger partial charge on any atom is 0.242 e. The van der Waals surface area contributed by atoms with Crippen LogP contribution in [-0.4, -0.2) is 56.8 Å². The van der Waals surface area contributed by atoms with Crippen molar-refractivity contribution in [3.8, 4) is 0 Å². The van der Waals surface area contributed by atoms with Crippen molar-refractivity contribution in [2.24, 2.45) is 0 Å². The molecule has 4 aromatic rings. The predicted octanol–water partition coefficient (Wildman–Crippen LogP) is 2.73. The highest BCUT2D eigenvalue weighted by atomic mass is 16.2. The van der Waals surface area contributed by atoms with Crippen LogP contribution in [0.5, 0.6) is 0 Å². The van der Waals surface area contributed by atoms with E-state index in [1.165, 1.54) is 5.56 Å². The van der Waals surface area contributed by atoms with E-state index in [4.69, 9.17) is 0 Å². The van der Waals surface area contributed by atoms with Crippen molar-refractivity contribution in [1.29, 1.82) is 0 Å². The van der Waals surface area contributed by atoms with Gasteiger partial charge in [0.25, 0.3) is 0 Å². The van der Waals surface area contributed by atoms with Crippen LogP contribution in [0.15, 0.2) is 61.2 Å². The lowest BCUT2D eigenvalue weighted by Crippen LogP contribution is -2.47. The summed E-state index contributed by atoms with van der Waals surface area (Å²) < 4.78 is 1.64. The number of benzene rings is 1. The number of anilines is 2. The number of nitrogens with one attached hydrogen (secondary N) is 1. The van der Waals surface area contributed by atoms with Gasteiger partial charge in [0.15, 0.2) is 5.65 Å². The molecule has 1 aliphatic heterocycles. The quantitative estimate of drug-likeness (QED) is 0.477. The van der Waals surface area contributed by atoms with E-state index in [-0.39, 0.29) is 18.5 Å². The smallest absolute Gasteiger partial charge is 0.242 e. The Hall–Kier alpha value is -4.01. The van der Waals surface area contributed by atoms with Crippen molar-refractivity contribution in [3.63, 3.8) is 0 Å². The Morgan fingerprint density at radius 3 is 2.50 bits per heavy atom. The van der Waals surface area contributed by atoms with Gasteiger partial charge in [0.05, 0.1) is 17.6 Å². The number of piperazine rings is 1. The van der Waals surface area contributed by atoms with Crippen LogP contribution in [0, 0.1) is 6.92 Å². The highest BCUT2D eigenvalue weighted by Gasteiger charge is 2.22. The number of aromatic nitrogens is 5. The molecule has 4 heterocycles. The van der Waals surface area contributed by atoms with E-state index in [0.29, 0.717) is 5.65 Å². The zero-order valence-corrected chi connectivity index (χ0v) is 19.4. The van der Waals surface area contributed by atoms with E-state index in [1.54, 1.807) is 17.2 Å². The lowest BCUT2D eigenvalue weighted by atomic mass is 10.1. The summed E-state index contributed by atoms with van der Waals surface area (Å²) in [6.45, 7) is 7.49. The van der Waals surface area contributed by atoms with Crippen LogP contribution in [-0.2, 0) is 11.3 Å². The molecule has 9 heteroatoms. The second-order valence-corrected chi connectivity index (χ2v) is 8.60. The molecule has 0 bridgehead atoms. The lowest BCUT2D eigenvalue weighted by Gasteiger charge is -2.36. The molecule has 34 heavy (non-hydrogen) atoms. The van der Waals surface area contributed by atoms with Gasteiger partial charge < -0.3 is 15.1 Å². The maximum absolute atomic E-state index is 12.7. The third-order valence-electron chi connectivity index (χ3n) is 6.21. The van der Waals surface area contributed by atoms with E-state index in [9.17, 15) is 4.79 Å². The van der Waals surface area contributed by atoms with Gasteiger partial charge in [-0.3, -0.25) is 4.79 Å². The first-order valence-corrected chi connectivity index (χ1v) is 11.5. The number of hydrogen-bond acceptors (Lipinski definition) is 7. The normalized spacial score (nSPS) is 14.9. The van der Waals surface area contributed by atoms with Crippen molar-refractivity contribution in [3.05, 3.63) is 72.3 Å². The van der Waals surface area contributed by atoms with Gasteiger partial charge in [0, 0.05) is 32.4 Å². The standard InChI is InChI=1S/C25H28N8O/c1-18-6-8-20(9-7-18)19(2)30-23(34)16-33-25-21(15-29-33)24(27-17-28-25)32-13-11-31(12-14-32)22-5-3-4-10-26-22/h3-10,15,17,19H,11-14,16H2,1-2H3,(H,30,34)/t19-/m0/s1. The fourth-order valence-electron chi connectivity index (χ4n) is 4.30. The Labute approximate surface area is 198 Å². The van der Waals surface area contributed by atoms with E-state index >= 15 is 0 Å². The fraction of sp³-hybridized carbons (Fsp3) is 0.320. The number of carbonyl (C=O) groups excluding carboxylic acids is 1. The number of nitrogens with zero attached hydrogens (tertiary/aromatic N) is 7. The van der Waals surface area contributed by atoms with Gasteiger partial charge in [0.2, 0.25) is 5.91 Å². The number of pyridine rings is 1. The van der Waals surface area contributed by atoms with Gasteiger partial charge in [-0.2, -0.15) is 5.10 Å². The molecule has 1 amide bonds. The second-order valence-electron chi connectivity index (χ2n) is 8.60. The van der Waals surface area contributed by atoms with Crippen LogP contribution < -0.4 is 15.1 Å². The van der Waals surface area contributed by atoms with Crippen molar-refractivity contribution >= 4 is 28.6 Å². The van der Waals surface area contributed by atoms with Crippen LogP contribution in [0.2, 0.25) is 0 Å². The first kappa shape index (κ1) is 21.8. The maximum atomic E-state index is 12.7. The number of rotatable bonds is 6. The fourth-order valence-corrected chi connectivity index (χ4v) is 4.30. The number of amides is 1. The summed E-state index contributed by atoms with van der Waals surface area (Å²) in [6.07, 6.45) is 5.13. The first-order chi connectivity index (χ1) is 16.6. The molecule has 1 atom stereocenters. The third kappa shape index (κ3) is 4.54. The van der Waals surface area contributed by atoms with E-state index in [2.05, 4.69) is 35.2 Å². The van der Waals surface area contributed by atoms with E-state index in [0.717, 1.165) is 48.8 Å². The second kappa shape index (κ2) is 9.46. The van der Waals surface area contributed by atoms with Gasteiger partial charge in [0.1, 0.15) is 24.5 Å². The molecule has 1 saturated heterocycles. The molecule has 174 valence electrons. The molecular weight excluding hydrogens is 428 g/mol. The predicted molar refractivity (Wildman–Crippen MR) is 132 cm³/mol. The molecule has 1 aliphatic rings. The molecule has 0 unspecified atom stereocenters. The summed E-state index contributed by atoms with van der Waals surface area (Å²) in [5, 5.41) is 8.36. The molecule has 3 aromatic heterocycles. The molecule has 0 aliphatic carbocycles. The SMILES string of the molecule is Cc1ccc([C@H](C)NC(=O)Cn2ncc3c(N4CCN(c5ccccn5)CC4)ncnc32)cc1. The van der Waals surface area contributed by atoms with Gasteiger partial charge in [-0.25, -0.2) is 19.6 Å². The molecule has 0 radical (unpaired) electrons. The Morgan fingerprint density at radius 1 is 1.00 bits per heavy atom. The minimum Gasteiger partial charge on any atom is -0.353 e. The molecular formula is C25H28N8O. The minimum atomic E-state index is -0.109. The average Bonchev–Trinajstić information content (AvgIpc) is 3.28. The zero-order valence-electron chi connectivity index (χ0n) is 19.4. The highest BCUT2D eigenvalue weighted by Crippen LogP contribution is 2.24. The van der Waals surface area contributed by atoms with Crippen LogP contribution in [0.4, 0.5) is 11.6 Å². The number of aryl methyl sites for hydroxylation is 1. The van der Waals surface area contributed by atoms with Gasteiger partial charge >= 0.3 is 0 Å². The zero-order chi connectivity index (χ0) is 23.5. The van der Waals surface area contributed by atoms with Gasteiger partial charge in [-0.15, -0.1) is 0 Å². The molecule has 5 rings (SSSR count). The summed E-state index contributed by atoms with van der Waals surface area (Å²) in [6, 6.07) is 14.1. The van der Waals surface area contributed by atoms with Crippen molar-refractivity contribution in [2.75, 3.05) is 36.0 Å². The van der Waals surface area contributed by atoms with Crippen LogP contribution in [0.3, 0.4) is 0 Å². The highest BCUT2D eigenvalue weighted by molar-refractivity contribution is 5.88. The van der Waals surface area contributed by atoms with Crippen molar-refractivity contribution in [1.82, 2.24) is 30.0 Å². The van der Waals surface area contributed by atoms with Crippen LogP contribution in [0.25, 0.3) is 11.0 Å². The van der Waals surface area contributed by atoms with E-state index in [1.807, 2.05) is 62.5 Å². The summed E-state index contributed by atoms with van der Waals surface area (Å²) in [4.78, 5) is 30.7. The van der Waals surface area contributed by atoms with Crippen LogP contribution >= 0.6 is 0 Å². The molecule has 0 saturated carbocycles. The molecule has 1 N–H and O–H groups in total. The molecule has 9 nitrogen and oxygen atoms in total. The average molecular weight is 457 g/mol. The number of carbonyl (C=O) groups is 1. The Morgan fingerprint density at radius 2 is 1.76 bits per heavy atom. The number of hydrogen-bond donors (Lipinski definition) is 1. The summed E-state index contributed by atoms with van der Waals surface area (Å²) in [7, 11) is 0. The Bertz CT molecular complexity index is 1260. The largest absolute Gasteiger partial charge is 0.353 e. The Kier molecular flexibility index (Phi) is 6.07. The summed E-state index contributed by atoms with van der Waals surface area (Å²) in [5.41, 5.74) is 2.92. The van der Waals surface area contributed by atoms with Crippen molar-refractivity contribution < 1.29 is 4.79 Å². The minimum absolute atomic E-state index is 0.0875. The summed E-state index contributed by atoms with van der Waals surface area (Å²) >= 11 is 0. The number of fused-ring (bicyclic) bond motifs is 1. The first-order valence-electron chi connectivity index (χ1n) is 11.5. The Balaban J connectivity index is 1.26. The lowest BCUT2D eigenvalue weighted by molar-refractivity contribution is -0.122. The van der Waals surface area contributed by atoms with E-state index < -0.39 is 0 Å². The van der Waals surface area contributed by atoms with Crippen molar-refractivity contribution in [2.45, 2.75) is 26.4 Å². The monoisotopic (exact) mass is 456 g/mol. The van der Waals surface area contributed by atoms with Crippen LogP contribution in [0.1, 0.15) is 24.1 Å². The third-order valence-corrected chi connectivity index (χ3v) is 6.21. The molecule has 0 spiro atoms. The van der Waals surface area contributed by atoms with Gasteiger partial charge in [-0.05, 0) is 31.5 Å². The molecule has 1 fully saturated rings.